The van der Waals surface area contributed by atoms with Crippen LogP contribution >= 0.6 is 0 Å². The molecule has 2 aromatic carbocycles. The Hall–Kier alpha value is -3.12. The van der Waals surface area contributed by atoms with E-state index < -0.39 is 0 Å². The first-order chi connectivity index (χ1) is 14.1. The molecule has 0 radical (unpaired) electrons. The summed E-state index contributed by atoms with van der Waals surface area (Å²) < 4.78 is 1.97. The fraction of sp³-hybridized carbons (Fsp3) is 0.304. The lowest BCUT2D eigenvalue weighted by atomic mass is 10.2. The summed E-state index contributed by atoms with van der Waals surface area (Å²) in [7, 11) is 0. The van der Waals surface area contributed by atoms with Crippen molar-refractivity contribution in [2.45, 2.75) is 33.5 Å². The number of nitrogens with one attached hydrogen (secondary N) is 1. The van der Waals surface area contributed by atoms with Crippen molar-refractivity contribution in [3.05, 3.63) is 88.7 Å². The Labute approximate surface area is 171 Å². The Morgan fingerprint density at radius 1 is 1.03 bits per heavy atom. The molecule has 2 N–H and O–H groups in total. The van der Waals surface area contributed by atoms with Gasteiger partial charge in [0.05, 0.1) is 18.8 Å². The Morgan fingerprint density at radius 3 is 2.28 bits per heavy atom. The first-order valence-electron chi connectivity index (χ1n) is 9.83. The zero-order chi connectivity index (χ0) is 20.6. The number of urea groups is 1. The normalized spacial score (nSPS) is 10.7. The minimum atomic E-state index is -0.197. The van der Waals surface area contributed by atoms with Gasteiger partial charge >= 0.3 is 6.03 Å². The van der Waals surface area contributed by atoms with Gasteiger partial charge in [-0.2, -0.15) is 5.10 Å². The standard InChI is InChI=1S/C23H28N4O2/c1-18-22(19(2)27(25-18)17-21-11-7-4-8-12-21)15-24-23(29)26(13-14-28)16-20-9-5-3-6-10-20/h3-12,28H,13-17H2,1-2H3,(H,24,29). The minimum Gasteiger partial charge on any atom is -0.395 e. The van der Waals surface area contributed by atoms with Crippen LogP contribution in [0.3, 0.4) is 0 Å². The van der Waals surface area contributed by atoms with E-state index in [2.05, 4.69) is 22.5 Å². The molecule has 6 nitrogen and oxygen atoms in total. The molecule has 2 amide bonds. The zero-order valence-corrected chi connectivity index (χ0v) is 17.0. The van der Waals surface area contributed by atoms with Gasteiger partial charge in [-0.25, -0.2) is 4.79 Å². The van der Waals surface area contributed by atoms with Crippen molar-refractivity contribution in [2.75, 3.05) is 13.2 Å². The number of carbonyl (C=O) groups is 1. The maximum Gasteiger partial charge on any atom is 0.318 e. The number of hydrogen-bond acceptors (Lipinski definition) is 3. The SMILES string of the molecule is Cc1nn(Cc2ccccc2)c(C)c1CNC(=O)N(CCO)Cc1ccccc1. The van der Waals surface area contributed by atoms with E-state index in [0.717, 1.165) is 22.5 Å². The van der Waals surface area contributed by atoms with Crippen LogP contribution in [0.25, 0.3) is 0 Å². The molecule has 0 fully saturated rings. The second-order valence-electron chi connectivity index (χ2n) is 7.08. The van der Waals surface area contributed by atoms with E-state index in [1.54, 1.807) is 4.90 Å². The van der Waals surface area contributed by atoms with Gasteiger partial charge in [0.15, 0.2) is 0 Å². The van der Waals surface area contributed by atoms with Crippen LogP contribution in [-0.2, 0) is 19.6 Å². The van der Waals surface area contributed by atoms with Crippen LogP contribution < -0.4 is 5.32 Å². The summed E-state index contributed by atoms with van der Waals surface area (Å²) in [4.78, 5) is 14.3. The Morgan fingerprint density at radius 2 is 1.66 bits per heavy atom. The molecule has 0 saturated carbocycles. The van der Waals surface area contributed by atoms with Crippen molar-refractivity contribution >= 4 is 6.03 Å². The van der Waals surface area contributed by atoms with Crippen molar-refractivity contribution in [3.63, 3.8) is 0 Å². The lowest BCUT2D eigenvalue weighted by Gasteiger charge is -2.22. The number of aryl methyl sites for hydroxylation is 1. The molecule has 0 atom stereocenters. The van der Waals surface area contributed by atoms with E-state index in [4.69, 9.17) is 0 Å². The first-order valence-corrected chi connectivity index (χ1v) is 9.83. The molecule has 152 valence electrons. The van der Waals surface area contributed by atoms with Gasteiger partial charge in [-0.05, 0) is 25.0 Å². The monoisotopic (exact) mass is 392 g/mol. The van der Waals surface area contributed by atoms with Crippen molar-refractivity contribution in [2.24, 2.45) is 0 Å². The van der Waals surface area contributed by atoms with Crippen LogP contribution in [-0.4, -0.2) is 39.0 Å². The van der Waals surface area contributed by atoms with Gasteiger partial charge in [0.25, 0.3) is 0 Å². The Bertz CT molecular complexity index is 923. The molecule has 3 aromatic rings. The largest absolute Gasteiger partial charge is 0.395 e. The molecule has 0 aliphatic carbocycles. The minimum absolute atomic E-state index is 0.0761. The molecule has 0 aliphatic rings. The molecule has 3 rings (SSSR count). The average molecular weight is 393 g/mol. The molecular formula is C23H28N4O2. The number of hydrogen-bond donors (Lipinski definition) is 2. The highest BCUT2D eigenvalue weighted by Crippen LogP contribution is 2.15. The summed E-state index contributed by atoms with van der Waals surface area (Å²) in [6.45, 7) is 5.76. The van der Waals surface area contributed by atoms with Crippen molar-refractivity contribution in [3.8, 4) is 0 Å². The van der Waals surface area contributed by atoms with E-state index >= 15 is 0 Å². The highest BCUT2D eigenvalue weighted by atomic mass is 16.3. The maximum absolute atomic E-state index is 12.7. The topological polar surface area (TPSA) is 70.4 Å². The fourth-order valence-corrected chi connectivity index (χ4v) is 3.35. The van der Waals surface area contributed by atoms with Gasteiger partial charge in [0, 0.05) is 30.9 Å². The van der Waals surface area contributed by atoms with Gasteiger partial charge in [0.1, 0.15) is 0 Å². The quantitative estimate of drug-likeness (QED) is 0.618. The van der Waals surface area contributed by atoms with Crippen LogP contribution in [0.5, 0.6) is 0 Å². The van der Waals surface area contributed by atoms with E-state index in [1.165, 1.54) is 5.56 Å². The molecule has 0 bridgehead atoms. The molecule has 0 saturated heterocycles. The Balaban J connectivity index is 1.65. The van der Waals surface area contributed by atoms with Gasteiger partial charge in [0.2, 0.25) is 0 Å². The molecule has 6 heteroatoms. The summed E-state index contributed by atoms with van der Waals surface area (Å²) in [5.74, 6) is 0. The number of carbonyl (C=O) groups excluding carboxylic acids is 1. The number of nitrogens with zero attached hydrogens (tertiary/aromatic N) is 3. The van der Waals surface area contributed by atoms with E-state index in [-0.39, 0.29) is 19.2 Å². The fourth-order valence-electron chi connectivity index (χ4n) is 3.35. The van der Waals surface area contributed by atoms with Gasteiger partial charge in [-0.1, -0.05) is 60.7 Å². The summed E-state index contributed by atoms with van der Waals surface area (Å²) in [5, 5.41) is 17.0. The second kappa shape index (κ2) is 9.89. The second-order valence-corrected chi connectivity index (χ2v) is 7.08. The highest BCUT2D eigenvalue weighted by molar-refractivity contribution is 5.74. The third-order valence-corrected chi connectivity index (χ3v) is 5.00. The number of benzene rings is 2. The van der Waals surface area contributed by atoms with Gasteiger partial charge in [-0.15, -0.1) is 0 Å². The summed E-state index contributed by atoms with van der Waals surface area (Å²) >= 11 is 0. The highest BCUT2D eigenvalue weighted by Gasteiger charge is 2.16. The van der Waals surface area contributed by atoms with Crippen LogP contribution in [0.1, 0.15) is 28.1 Å². The summed E-state index contributed by atoms with van der Waals surface area (Å²) in [5.41, 5.74) is 5.20. The van der Waals surface area contributed by atoms with E-state index in [0.29, 0.717) is 19.6 Å². The molecule has 0 aliphatic heterocycles. The smallest absolute Gasteiger partial charge is 0.318 e. The van der Waals surface area contributed by atoms with Gasteiger partial charge in [-0.3, -0.25) is 4.68 Å². The molecule has 0 spiro atoms. The maximum atomic E-state index is 12.7. The average Bonchev–Trinajstić information content (AvgIpc) is 3.00. The third kappa shape index (κ3) is 5.45. The Kier molecular flexibility index (Phi) is 7.03. The van der Waals surface area contributed by atoms with Crippen molar-refractivity contribution in [1.82, 2.24) is 20.0 Å². The number of aromatic nitrogens is 2. The van der Waals surface area contributed by atoms with Crippen molar-refractivity contribution in [1.29, 1.82) is 0 Å². The van der Waals surface area contributed by atoms with E-state index in [9.17, 15) is 9.90 Å². The van der Waals surface area contributed by atoms with Crippen molar-refractivity contribution < 1.29 is 9.90 Å². The lowest BCUT2D eigenvalue weighted by molar-refractivity contribution is 0.173. The van der Waals surface area contributed by atoms with Crippen LogP contribution in [0, 0.1) is 13.8 Å². The number of amides is 2. The van der Waals surface area contributed by atoms with Crippen LogP contribution in [0.15, 0.2) is 60.7 Å². The molecule has 1 aromatic heterocycles. The summed E-state index contributed by atoms with van der Waals surface area (Å²) in [6, 6.07) is 19.8. The van der Waals surface area contributed by atoms with Gasteiger partial charge < -0.3 is 15.3 Å². The molecular weight excluding hydrogens is 364 g/mol. The molecule has 29 heavy (non-hydrogen) atoms. The summed E-state index contributed by atoms with van der Waals surface area (Å²) in [6.07, 6.45) is 0. The lowest BCUT2D eigenvalue weighted by Crippen LogP contribution is -2.40. The number of rotatable bonds is 8. The third-order valence-electron chi connectivity index (χ3n) is 5.00. The van der Waals surface area contributed by atoms with E-state index in [1.807, 2.05) is 67.1 Å². The van der Waals surface area contributed by atoms with Crippen LogP contribution in [0.4, 0.5) is 4.79 Å². The molecule has 0 unspecified atom stereocenters. The number of aliphatic hydroxyl groups excluding tert-OH is 1. The molecule has 1 heterocycles. The first kappa shape index (κ1) is 20.6. The van der Waals surface area contributed by atoms with Crippen LogP contribution in [0.2, 0.25) is 0 Å². The number of aliphatic hydroxyl groups is 1. The zero-order valence-electron chi connectivity index (χ0n) is 17.0. The predicted octanol–water partition coefficient (Wildman–Crippen LogP) is 3.25. The predicted molar refractivity (Wildman–Crippen MR) is 113 cm³/mol.